The molecule has 2 aromatic rings. The lowest BCUT2D eigenvalue weighted by molar-refractivity contribution is 0.0749. The van der Waals surface area contributed by atoms with E-state index in [1.165, 1.54) is 12.8 Å². The Hall–Kier alpha value is -2.33. The Labute approximate surface area is 149 Å². The van der Waals surface area contributed by atoms with Crippen LogP contribution in [0.15, 0.2) is 48.5 Å². The lowest BCUT2D eigenvalue weighted by atomic mass is 10.0. The molecule has 0 aliphatic carbocycles. The number of hydrogen-bond donors (Lipinski definition) is 1. The van der Waals surface area contributed by atoms with Crippen molar-refractivity contribution < 1.29 is 9.90 Å². The fourth-order valence-corrected chi connectivity index (χ4v) is 3.34. The molecule has 25 heavy (non-hydrogen) atoms. The topological polar surface area (TPSA) is 43.8 Å². The van der Waals surface area contributed by atoms with E-state index in [9.17, 15) is 9.90 Å². The van der Waals surface area contributed by atoms with Gasteiger partial charge in [-0.15, -0.1) is 0 Å². The van der Waals surface area contributed by atoms with Crippen molar-refractivity contribution in [3.05, 3.63) is 54.1 Å². The third-order valence-electron chi connectivity index (χ3n) is 4.86. The Morgan fingerprint density at radius 3 is 2.48 bits per heavy atom. The zero-order chi connectivity index (χ0) is 17.6. The van der Waals surface area contributed by atoms with Gasteiger partial charge in [0.2, 0.25) is 0 Å². The SMILES string of the molecule is CCN(CCN1CCCC1)C(=O)c1cccc(-c2ccc(O)cc2)c1. The number of benzene rings is 2. The molecule has 0 unspecified atom stereocenters. The lowest BCUT2D eigenvalue weighted by Crippen LogP contribution is -2.37. The number of nitrogens with zero attached hydrogens (tertiary/aromatic N) is 2. The van der Waals surface area contributed by atoms with Gasteiger partial charge in [0.1, 0.15) is 5.75 Å². The summed E-state index contributed by atoms with van der Waals surface area (Å²) in [6.07, 6.45) is 2.55. The molecule has 1 fully saturated rings. The van der Waals surface area contributed by atoms with E-state index in [0.717, 1.165) is 43.9 Å². The van der Waals surface area contributed by atoms with Crippen molar-refractivity contribution in [2.45, 2.75) is 19.8 Å². The molecule has 0 aromatic heterocycles. The molecule has 132 valence electrons. The van der Waals surface area contributed by atoms with Crippen LogP contribution in [-0.2, 0) is 0 Å². The third-order valence-corrected chi connectivity index (χ3v) is 4.86. The maximum Gasteiger partial charge on any atom is 0.253 e. The first kappa shape index (κ1) is 17.5. The van der Waals surface area contributed by atoms with Crippen LogP contribution in [0.1, 0.15) is 30.1 Å². The molecule has 4 nitrogen and oxygen atoms in total. The molecule has 0 bridgehead atoms. The molecular formula is C21H26N2O2. The standard InChI is InChI=1S/C21H26N2O2/c1-2-23(15-14-22-12-3-4-13-22)21(25)19-7-5-6-18(16-19)17-8-10-20(24)11-9-17/h5-11,16,24H,2-4,12-15H2,1H3. The number of carbonyl (C=O) groups is 1. The van der Waals surface area contributed by atoms with Crippen LogP contribution < -0.4 is 0 Å². The van der Waals surface area contributed by atoms with Crippen LogP contribution in [-0.4, -0.2) is 53.5 Å². The average molecular weight is 338 g/mol. The minimum atomic E-state index is 0.0855. The first-order valence-corrected chi connectivity index (χ1v) is 9.08. The lowest BCUT2D eigenvalue weighted by Gasteiger charge is -2.24. The van der Waals surface area contributed by atoms with Crippen molar-refractivity contribution >= 4 is 5.91 Å². The number of likely N-dealkylation sites (tertiary alicyclic amines) is 1. The smallest absolute Gasteiger partial charge is 0.253 e. The van der Waals surface area contributed by atoms with Gasteiger partial charge in [0.05, 0.1) is 0 Å². The molecule has 1 saturated heterocycles. The van der Waals surface area contributed by atoms with E-state index in [0.29, 0.717) is 5.56 Å². The van der Waals surface area contributed by atoms with Crippen LogP contribution in [0.3, 0.4) is 0 Å². The molecule has 0 saturated carbocycles. The molecule has 1 aliphatic rings. The van der Waals surface area contributed by atoms with E-state index in [1.807, 2.05) is 48.2 Å². The maximum absolute atomic E-state index is 12.9. The molecular weight excluding hydrogens is 312 g/mol. The summed E-state index contributed by atoms with van der Waals surface area (Å²) in [5.41, 5.74) is 2.70. The van der Waals surface area contributed by atoms with Crippen LogP contribution in [0.4, 0.5) is 0 Å². The largest absolute Gasteiger partial charge is 0.508 e. The quantitative estimate of drug-likeness (QED) is 0.875. The monoisotopic (exact) mass is 338 g/mol. The number of carbonyl (C=O) groups excluding carboxylic acids is 1. The summed E-state index contributed by atoms with van der Waals surface area (Å²) in [5, 5.41) is 9.44. The highest BCUT2D eigenvalue weighted by Gasteiger charge is 2.17. The predicted molar refractivity (Wildman–Crippen MR) is 101 cm³/mol. The normalized spacial score (nSPS) is 14.6. The van der Waals surface area contributed by atoms with Gasteiger partial charge in [-0.3, -0.25) is 4.79 Å². The Bertz CT molecular complexity index is 706. The van der Waals surface area contributed by atoms with Crippen molar-refractivity contribution in [1.82, 2.24) is 9.80 Å². The second kappa shape index (κ2) is 8.17. The molecule has 1 aliphatic heterocycles. The van der Waals surface area contributed by atoms with Gasteiger partial charge >= 0.3 is 0 Å². The average Bonchev–Trinajstić information content (AvgIpc) is 3.16. The van der Waals surface area contributed by atoms with Gasteiger partial charge in [-0.05, 0) is 68.2 Å². The zero-order valence-electron chi connectivity index (χ0n) is 14.8. The number of hydrogen-bond acceptors (Lipinski definition) is 3. The highest BCUT2D eigenvalue weighted by Crippen LogP contribution is 2.23. The fourth-order valence-electron chi connectivity index (χ4n) is 3.34. The van der Waals surface area contributed by atoms with Gasteiger partial charge in [-0.1, -0.05) is 24.3 Å². The summed E-state index contributed by atoms with van der Waals surface area (Å²) < 4.78 is 0. The minimum Gasteiger partial charge on any atom is -0.508 e. The van der Waals surface area contributed by atoms with Crippen LogP contribution in [0.2, 0.25) is 0 Å². The number of phenolic OH excluding ortho intramolecular Hbond substituents is 1. The molecule has 1 N–H and O–H groups in total. The van der Waals surface area contributed by atoms with Gasteiger partial charge in [-0.25, -0.2) is 0 Å². The molecule has 2 aromatic carbocycles. The van der Waals surface area contributed by atoms with Gasteiger partial charge < -0.3 is 14.9 Å². The second-order valence-electron chi connectivity index (χ2n) is 6.56. The highest BCUT2D eigenvalue weighted by atomic mass is 16.3. The second-order valence-corrected chi connectivity index (χ2v) is 6.56. The summed E-state index contributed by atoms with van der Waals surface area (Å²) >= 11 is 0. The Balaban J connectivity index is 1.71. The summed E-state index contributed by atoms with van der Waals surface area (Å²) in [7, 11) is 0. The Morgan fingerprint density at radius 2 is 1.80 bits per heavy atom. The number of likely N-dealkylation sites (N-methyl/N-ethyl adjacent to an activating group) is 1. The third kappa shape index (κ3) is 4.40. The van der Waals surface area contributed by atoms with Crippen molar-refractivity contribution in [1.29, 1.82) is 0 Å². The fraction of sp³-hybridized carbons (Fsp3) is 0.381. The summed E-state index contributed by atoms with van der Waals surface area (Å²) in [5.74, 6) is 0.331. The molecule has 0 spiro atoms. The maximum atomic E-state index is 12.9. The van der Waals surface area contributed by atoms with Crippen molar-refractivity contribution in [3.8, 4) is 16.9 Å². The van der Waals surface area contributed by atoms with Crippen molar-refractivity contribution in [2.75, 3.05) is 32.7 Å². The van der Waals surface area contributed by atoms with E-state index in [2.05, 4.69) is 4.90 Å². The predicted octanol–water partition coefficient (Wildman–Crippen LogP) is 3.62. The number of phenols is 1. The molecule has 4 heteroatoms. The van der Waals surface area contributed by atoms with Gasteiger partial charge in [0.25, 0.3) is 5.91 Å². The Kier molecular flexibility index (Phi) is 5.71. The van der Waals surface area contributed by atoms with Crippen LogP contribution in [0, 0.1) is 0 Å². The van der Waals surface area contributed by atoms with Crippen LogP contribution in [0.5, 0.6) is 5.75 Å². The van der Waals surface area contributed by atoms with Crippen molar-refractivity contribution in [3.63, 3.8) is 0 Å². The van der Waals surface area contributed by atoms with E-state index in [-0.39, 0.29) is 11.7 Å². The van der Waals surface area contributed by atoms with Gasteiger partial charge in [0.15, 0.2) is 0 Å². The summed E-state index contributed by atoms with van der Waals surface area (Å²) in [4.78, 5) is 17.2. The van der Waals surface area contributed by atoms with E-state index < -0.39 is 0 Å². The van der Waals surface area contributed by atoms with Gasteiger partial charge in [-0.2, -0.15) is 0 Å². The van der Waals surface area contributed by atoms with Crippen molar-refractivity contribution in [2.24, 2.45) is 0 Å². The van der Waals surface area contributed by atoms with E-state index in [1.54, 1.807) is 12.1 Å². The molecule has 0 radical (unpaired) electrons. The zero-order valence-corrected chi connectivity index (χ0v) is 14.8. The number of aromatic hydroxyl groups is 1. The summed E-state index contributed by atoms with van der Waals surface area (Å²) in [6, 6.07) is 14.8. The van der Waals surface area contributed by atoms with E-state index in [4.69, 9.17) is 0 Å². The molecule has 1 heterocycles. The molecule has 0 atom stereocenters. The highest BCUT2D eigenvalue weighted by molar-refractivity contribution is 5.95. The minimum absolute atomic E-state index is 0.0855. The van der Waals surface area contributed by atoms with Crippen LogP contribution >= 0.6 is 0 Å². The van der Waals surface area contributed by atoms with E-state index >= 15 is 0 Å². The summed E-state index contributed by atoms with van der Waals surface area (Å²) in [6.45, 7) is 6.79. The number of rotatable bonds is 6. The Morgan fingerprint density at radius 1 is 1.08 bits per heavy atom. The van der Waals surface area contributed by atoms with Crippen LogP contribution in [0.25, 0.3) is 11.1 Å². The van der Waals surface area contributed by atoms with Gasteiger partial charge in [0, 0.05) is 25.2 Å². The molecule has 1 amide bonds. The molecule has 3 rings (SSSR count). The first-order chi connectivity index (χ1) is 12.2. The number of amides is 1. The first-order valence-electron chi connectivity index (χ1n) is 9.08.